The highest BCUT2D eigenvalue weighted by Crippen LogP contribution is 2.17. The average molecular weight is 233 g/mol. The lowest BCUT2D eigenvalue weighted by Crippen LogP contribution is -2.14. The van der Waals surface area contributed by atoms with Gasteiger partial charge in [-0.2, -0.15) is 0 Å². The molecule has 0 saturated carbocycles. The highest BCUT2D eigenvalue weighted by Gasteiger charge is 2.15. The van der Waals surface area contributed by atoms with Crippen LogP contribution in [0.5, 0.6) is 0 Å². The van der Waals surface area contributed by atoms with Crippen molar-refractivity contribution in [2.24, 2.45) is 0 Å². The smallest absolute Gasteiger partial charge is 0.372 e. The number of halogens is 1. The Morgan fingerprint density at radius 2 is 2.25 bits per heavy atom. The minimum atomic E-state index is -1.45. The third kappa shape index (κ3) is 1.94. The molecule has 1 aromatic rings. The van der Waals surface area contributed by atoms with Gasteiger partial charge in [-0.05, 0) is 22.0 Å². The Bertz CT molecular complexity index is 315. The van der Waals surface area contributed by atoms with Gasteiger partial charge in [0.05, 0.1) is 17.2 Å². The molecule has 0 fully saturated rings. The minimum Gasteiger partial charge on any atom is -0.475 e. The molecular formula is C7H5BrO4. The van der Waals surface area contributed by atoms with E-state index < -0.39 is 11.8 Å². The van der Waals surface area contributed by atoms with Crippen LogP contribution in [0.1, 0.15) is 5.76 Å². The van der Waals surface area contributed by atoms with E-state index in [0.717, 1.165) is 0 Å². The first-order valence-electron chi connectivity index (χ1n) is 3.09. The predicted octanol–water partition coefficient (Wildman–Crippen LogP) is 1.24. The molecule has 1 aromatic heterocycles. The van der Waals surface area contributed by atoms with Crippen molar-refractivity contribution in [3.63, 3.8) is 0 Å². The third-order valence-corrected chi connectivity index (χ3v) is 1.96. The maximum atomic E-state index is 10.7. The molecule has 1 rings (SSSR count). The van der Waals surface area contributed by atoms with E-state index in [-0.39, 0.29) is 6.42 Å². The largest absolute Gasteiger partial charge is 0.475 e. The zero-order chi connectivity index (χ0) is 9.14. The fourth-order valence-corrected chi connectivity index (χ4v) is 1.01. The Morgan fingerprint density at radius 1 is 1.58 bits per heavy atom. The van der Waals surface area contributed by atoms with Crippen LogP contribution < -0.4 is 0 Å². The first-order chi connectivity index (χ1) is 5.61. The van der Waals surface area contributed by atoms with E-state index in [1.54, 1.807) is 6.07 Å². The molecule has 0 spiro atoms. The summed E-state index contributed by atoms with van der Waals surface area (Å²) in [4.78, 5) is 20.8. The number of ketones is 1. The zero-order valence-electron chi connectivity index (χ0n) is 5.91. The number of Topliss-reactive ketones (excluding diaryl/α,β-unsaturated/α-hetero) is 1. The maximum Gasteiger partial charge on any atom is 0.372 e. The second-order valence-electron chi connectivity index (χ2n) is 2.10. The van der Waals surface area contributed by atoms with Gasteiger partial charge in [0.1, 0.15) is 5.76 Å². The first kappa shape index (κ1) is 8.99. The summed E-state index contributed by atoms with van der Waals surface area (Å²) in [6.07, 6.45) is 1.16. The number of hydrogen-bond acceptors (Lipinski definition) is 3. The van der Waals surface area contributed by atoms with Crippen molar-refractivity contribution in [1.29, 1.82) is 0 Å². The van der Waals surface area contributed by atoms with Crippen LogP contribution in [0, 0.1) is 0 Å². The summed E-state index contributed by atoms with van der Waals surface area (Å²) >= 11 is 3.10. The maximum absolute atomic E-state index is 10.7. The molecule has 0 saturated heterocycles. The van der Waals surface area contributed by atoms with Crippen LogP contribution in [0.3, 0.4) is 0 Å². The Balaban J connectivity index is 2.71. The molecule has 0 aliphatic carbocycles. The van der Waals surface area contributed by atoms with E-state index in [4.69, 9.17) is 9.52 Å². The molecule has 1 N–H and O–H groups in total. The summed E-state index contributed by atoms with van der Waals surface area (Å²) in [6, 6.07) is 1.60. The molecule has 4 nitrogen and oxygen atoms in total. The van der Waals surface area contributed by atoms with Crippen LogP contribution in [0.4, 0.5) is 0 Å². The van der Waals surface area contributed by atoms with Crippen LogP contribution in [0.15, 0.2) is 21.2 Å². The van der Waals surface area contributed by atoms with E-state index in [1.165, 1.54) is 6.26 Å². The van der Waals surface area contributed by atoms with Crippen LogP contribution in [0.2, 0.25) is 0 Å². The van der Waals surface area contributed by atoms with Gasteiger partial charge in [0.25, 0.3) is 0 Å². The Labute approximate surface area is 76.3 Å². The molecule has 0 aliphatic rings. The van der Waals surface area contributed by atoms with Gasteiger partial charge in [0.2, 0.25) is 5.78 Å². The molecule has 0 amide bonds. The Kier molecular flexibility index (Phi) is 2.65. The SMILES string of the molecule is O=C(O)C(=O)Cc1occc1Br. The fourth-order valence-electron chi connectivity index (χ4n) is 0.673. The van der Waals surface area contributed by atoms with Gasteiger partial charge in [-0.25, -0.2) is 4.79 Å². The first-order valence-corrected chi connectivity index (χ1v) is 3.88. The lowest BCUT2D eigenvalue weighted by Gasteiger charge is -1.91. The van der Waals surface area contributed by atoms with E-state index in [9.17, 15) is 9.59 Å². The van der Waals surface area contributed by atoms with Crippen LogP contribution in [-0.2, 0) is 16.0 Å². The Hall–Kier alpha value is -1.10. The molecule has 5 heteroatoms. The molecule has 12 heavy (non-hydrogen) atoms. The standard InChI is InChI=1S/C7H5BrO4/c8-4-1-2-12-6(4)3-5(9)7(10)11/h1-2H,3H2,(H,10,11). The number of carbonyl (C=O) groups is 2. The van der Waals surface area contributed by atoms with Gasteiger partial charge in [-0.1, -0.05) is 0 Å². The molecular weight excluding hydrogens is 228 g/mol. The van der Waals surface area contributed by atoms with Gasteiger partial charge in [-0.3, -0.25) is 4.79 Å². The third-order valence-electron chi connectivity index (χ3n) is 1.25. The summed E-state index contributed by atoms with van der Waals surface area (Å²) in [5, 5.41) is 8.27. The number of aliphatic carboxylic acids is 1. The second kappa shape index (κ2) is 3.53. The van der Waals surface area contributed by atoms with E-state index in [0.29, 0.717) is 10.2 Å². The number of furan rings is 1. The summed E-state index contributed by atoms with van der Waals surface area (Å²) < 4.78 is 5.46. The van der Waals surface area contributed by atoms with Crippen molar-refractivity contribution in [3.05, 3.63) is 22.6 Å². The molecule has 64 valence electrons. The van der Waals surface area contributed by atoms with Crippen LogP contribution in [-0.4, -0.2) is 16.9 Å². The minimum absolute atomic E-state index is 0.219. The monoisotopic (exact) mass is 232 g/mol. The van der Waals surface area contributed by atoms with Crippen molar-refractivity contribution >= 4 is 27.7 Å². The van der Waals surface area contributed by atoms with Gasteiger partial charge >= 0.3 is 5.97 Å². The van der Waals surface area contributed by atoms with Gasteiger partial charge in [0, 0.05) is 0 Å². The van der Waals surface area contributed by atoms with Crippen molar-refractivity contribution < 1.29 is 19.1 Å². The van der Waals surface area contributed by atoms with Crippen molar-refractivity contribution in [2.75, 3.05) is 0 Å². The fraction of sp³-hybridized carbons (Fsp3) is 0.143. The lowest BCUT2D eigenvalue weighted by atomic mass is 10.2. The second-order valence-corrected chi connectivity index (χ2v) is 2.95. The van der Waals surface area contributed by atoms with Crippen molar-refractivity contribution in [1.82, 2.24) is 0 Å². The zero-order valence-corrected chi connectivity index (χ0v) is 7.50. The van der Waals surface area contributed by atoms with E-state index in [2.05, 4.69) is 15.9 Å². The number of carboxylic acid groups (broad SMARTS) is 1. The van der Waals surface area contributed by atoms with Gasteiger partial charge < -0.3 is 9.52 Å². The normalized spacial score (nSPS) is 9.75. The predicted molar refractivity (Wildman–Crippen MR) is 42.8 cm³/mol. The number of hydrogen-bond donors (Lipinski definition) is 1. The Morgan fingerprint density at radius 3 is 2.67 bits per heavy atom. The van der Waals surface area contributed by atoms with Gasteiger partial charge in [-0.15, -0.1) is 0 Å². The summed E-state index contributed by atoms with van der Waals surface area (Å²) in [5.41, 5.74) is 0. The summed E-state index contributed by atoms with van der Waals surface area (Å²) in [5.74, 6) is -1.99. The number of carbonyl (C=O) groups excluding carboxylic acids is 1. The molecule has 0 unspecified atom stereocenters. The lowest BCUT2D eigenvalue weighted by molar-refractivity contribution is -0.148. The van der Waals surface area contributed by atoms with Crippen molar-refractivity contribution in [2.45, 2.75) is 6.42 Å². The highest BCUT2D eigenvalue weighted by atomic mass is 79.9. The molecule has 0 aliphatic heterocycles. The topological polar surface area (TPSA) is 67.5 Å². The van der Waals surface area contributed by atoms with E-state index >= 15 is 0 Å². The van der Waals surface area contributed by atoms with Crippen molar-refractivity contribution in [3.8, 4) is 0 Å². The quantitative estimate of drug-likeness (QED) is 0.797. The number of carboxylic acids is 1. The average Bonchev–Trinajstić information content (AvgIpc) is 2.36. The number of rotatable bonds is 3. The van der Waals surface area contributed by atoms with Gasteiger partial charge in [0.15, 0.2) is 0 Å². The summed E-state index contributed by atoms with van der Waals surface area (Å²) in [7, 11) is 0. The molecule has 0 aromatic carbocycles. The molecule has 0 atom stereocenters. The molecule has 0 radical (unpaired) electrons. The summed E-state index contributed by atoms with van der Waals surface area (Å²) in [6.45, 7) is 0. The van der Waals surface area contributed by atoms with Crippen LogP contribution in [0.25, 0.3) is 0 Å². The molecule has 0 bridgehead atoms. The van der Waals surface area contributed by atoms with E-state index in [1.807, 2.05) is 0 Å². The molecule has 1 heterocycles. The highest BCUT2D eigenvalue weighted by molar-refractivity contribution is 9.10. The van der Waals surface area contributed by atoms with Crippen LogP contribution >= 0.6 is 15.9 Å².